The quantitative estimate of drug-likeness (QED) is 0.473. The van der Waals surface area contributed by atoms with Crippen LogP contribution < -0.4 is 0 Å². The first kappa shape index (κ1) is 16.6. The van der Waals surface area contributed by atoms with Crippen molar-refractivity contribution in [2.45, 2.75) is 76.6 Å². The van der Waals surface area contributed by atoms with E-state index >= 15 is 0 Å². The van der Waals surface area contributed by atoms with Gasteiger partial charge in [-0.2, -0.15) is 0 Å². The normalized spacial score (nSPS) is 56.5. The molecule has 3 nitrogen and oxygen atoms in total. The van der Waals surface area contributed by atoms with Crippen molar-refractivity contribution in [3.63, 3.8) is 0 Å². The molecule has 3 fully saturated rings. The Morgan fingerprint density at radius 3 is 2.50 bits per heavy atom. The molecule has 8 atom stereocenters. The Balaban J connectivity index is 1.75. The first-order valence-corrected chi connectivity index (χ1v) is 9.53. The summed E-state index contributed by atoms with van der Waals surface area (Å²) in [5, 5.41) is 32.0. The summed E-state index contributed by atoms with van der Waals surface area (Å²) in [6.07, 6.45) is 13.0. The van der Waals surface area contributed by atoms with Gasteiger partial charge in [-0.05, 0) is 68.1 Å². The van der Waals surface area contributed by atoms with E-state index in [1.165, 1.54) is 5.57 Å². The summed E-state index contributed by atoms with van der Waals surface area (Å²) in [6.45, 7) is 4.47. The van der Waals surface area contributed by atoms with Gasteiger partial charge in [0.2, 0.25) is 0 Å². The number of hydrogen-bond acceptors (Lipinski definition) is 3. The Kier molecular flexibility index (Phi) is 3.53. The van der Waals surface area contributed by atoms with Gasteiger partial charge in [-0.3, -0.25) is 0 Å². The van der Waals surface area contributed by atoms with Crippen LogP contribution in [0.25, 0.3) is 0 Å². The van der Waals surface area contributed by atoms with E-state index in [1.54, 1.807) is 0 Å². The number of fused-ring (bicyclic) bond motifs is 5. The largest absolute Gasteiger partial charge is 0.393 e. The molecule has 0 aromatic rings. The van der Waals surface area contributed by atoms with Crippen LogP contribution in [0.3, 0.4) is 0 Å². The lowest BCUT2D eigenvalue weighted by Crippen LogP contribution is -2.57. The maximum atomic E-state index is 11.0. The molecule has 0 bridgehead atoms. The Labute approximate surface area is 145 Å². The number of aliphatic hydroxyl groups excluding tert-OH is 2. The fourth-order valence-corrected chi connectivity index (χ4v) is 6.88. The van der Waals surface area contributed by atoms with Gasteiger partial charge >= 0.3 is 0 Å². The van der Waals surface area contributed by atoms with Crippen molar-refractivity contribution in [1.29, 1.82) is 0 Å². The molecule has 0 aliphatic heterocycles. The van der Waals surface area contributed by atoms with E-state index in [2.05, 4.69) is 19.8 Å². The third-order valence-corrected chi connectivity index (χ3v) is 8.49. The molecule has 24 heavy (non-hydrogen) atoms. The van der Waals surface area contributed by atoms with Crippen molar-refractivity contribution in [1.82, 2.24) is 0 Å². The molecule has 3 heteroatoms. The Morgan fingerprint density at radius 1 is 1.08 bits per heavy atom. The third-order valence-electron chi connectivity index (χ3n) is 8.49. The second kappa shape index (κ2) is 5.10. The van der Waals surface area contributed by atoms with Crippen LogP contribution in [0.4, 0.5) is 0 Å². The standard InChI is InChI=1S/C21H30O3/c1-4-21(24)10-7-16-18-15(6-9-20(16,21)3)19(2)8-5-14(22)11-13(19)12-17(18)23/h1,12,14-18,22-24H,5-11H2,2-3H3/t14-,15+,16+,17+,18-,19+,20+,21+/m1/s1. The summed E-state index contributed by atoms with van der Waals surface area (Å²) in [6, 6.07) is 0. The zero-order chi connectivity index (χ0) is 17.3. The second-order valence-electron chi connectivity index (χ2n) is 9.29. The Hall–Kier alpha value is -0.820. The van der Waals surface area contributed by atoms with E-state index in [9.17, 15) is 15.3 Å². The Morgan fingerprint density at radius 2 is 1.79 bits per heavy atom. The molecule has 0 saturated heterocycles. The molecular weight excluding hydrogens is 300 g/mol. The lowest BCUT2D eigenvalue weighted by atomic mass is 9.46. The Bertz CT molecular complexity index is 619. The zero-order valence-electron chi connectivity index (χ0n) is 14.8. The minimum absolute atomic E-state index is 0.0846. The smallest absolute Gasteiger partial charge is 0.130 e. The van der Waals surface area contributed by atoms with Gasteiger partial charge in [-0.1, -0.05) is 31.4 Å². The van der Waals surface area contributed by atoms with Gasteiger partial charge in [0.1, 0.15) is 5.60 Å². The minimum atomic E-state index is -1.03. The van der Waals surface area contributed by atoms with E-state index in [0.717, 1.165) is 32.1 Å². The first-order valence-electron chi connectivity index (χ1n) is 9.53. The fraction of sp³-hybridized carbons (Fsp3) is 0.810. The van der Waals surface area contributed by atoms with Gasteiger partial charge in [0.05, 0.1) is 12.2 Å². The van der Waals surface area contributed by atoms with Gasteiger partial charge < -0.3 is 15.3 Å². The van der Waals surface area contributed by atoms with Crippen LogP contribution in [-0.4, -0.2) is 33.1 Å². The van der Waals surface area contributed by atoms with Gasteiger partial charge in [0.25, 0.3) is 0 Å². The fourth-order valence-electron chi connectivity index (χ4n) is 6.88. The highest BCUT2D eigenvalue weighted by Gasteiger charge is 2.64. The van der Waals surface area contributed by atoms with Gasteiger partial charge in [0.15, 0.2) is 0 Å². The van der Waals surface area contributed by atoms with E-state index in [-0.39, 0.29) is 28.8 Å². The molecule has 0 heterocycles. The number of aliphatic hydroxyl groups is 3. The molecule has 4 rings (SSSR count). The highest BCUT2D eigenvalue weighted by Crippen LogP contribution is 2.66. The summed E-state index contributed by atoms with van der Waals surface area (Å²) in [5.41, 5.74) is 0.0145. The summed E-state index contributed by atoms with van der Waals surface area (Å²) in [7, 11) is 0. The van der Waals surface area contributed by atoms with Gasteiger partial charge in [0, 0.05) is 5.41 Å². The molecule has 0 spiro atoms. The lowest BCUT2D eigenvalue weighted by Gasteiger charge is -2.59. The van der Waals surface area contributed by atoms with Crippen LogP contribution in [0, 0.1) is 40.9 Å². The molecule has 0 unspecified atom stereocenters. The summed E-state index contributed by atoms with van der Waals surface area (Å²) in [5.74, 6) is 3.56. The molecule has 4 aliphatic rings. The molecule has 132 valence electrons. The van der Waals surface area contributed by atoms with Crippen molar-refractivity contribution >= 4 is 0 Å². The highest BCUT2D eigenvalue weighted by atomic mass is 16.3. The molecule has 4 aliphatic carbocycles. The number of terminal acetylenes is 1. The predicted molar refractivity (Wildman–Crippen MR) is 92.9 cm³/mol. The topological polar surface area (TPSA) is 60.7 Å². The summed E-state index contributed by atoms with van der Waals surface area (Å²) < 4.78 is 0. The average molecular weight is 330 g/mol. The molecule has 0 radical (unpaired) electrons. The summed E-state index contributed by atoms with van der Waals surface area (Å²) in [4.78, 5) is 0. The summed E-state index contributed by atoms with van der Waals surface area (Å²) >= 11 is 0. The van der Waals surface area contributed by atoms with Crippen LogP contribution in [0.15, 0.2) is 11.6 Å². The first-order chi connectivity index (χ1) is 11.2. The van der Waals surface area contributed by atoms with Crippen LogP contribution >= 0.6 is 0 Å². The highest BCUT2D eigenvalue weighted by molar-refractivity contribution is 5.30. The average Bonchev–Trinajstić information content (AvgIpc) is 2.82. The SMILES string of the molecule is C#C[C@]1(O)CC[C@H]2[C@@H]3[C@@H](O)C=C4C[C@H](O)CC[C@]4(C)[C@H]3CC[C@@]21C. The van der Waals surface area contributed by atoms with Crippen LogP contribution in [-0.2, 0) is 0 Å². The number of hydrogen-bond donors (Lipinski definition) is 3. The van der Waals surface area contributed by atoms with Crippen molar-refractivity contribution in [3.8, 4) is 12.3 Å². The predicted octanol–water partition coefficient (Wildman–Crippen LogP) is 2.65. The number of rotatable bonds is 0. The van der Waals surface area contributed by atoms with Crippen molar-refractivity contribution in [2.75, 3.05) is 0 Å². The maximum absolute atomic E-state index is 11.0. The molecule has 3 saturated carbocycles. The van der Waals surface area contributed by atoms with Gasteiger partial charge in [-0.25, -0.2) is 0 Å². The third kappa shape index (κ3) is 1.91. The molecule has 0 aromatic carbocycles. The van der Waals surface area contributed by atoms with E-state index in [0.29, 0.717) is 18.8 Å². The van der Waals surface area contributed by atoms with E-state index in [1.807, 2.05) is 6.08 Å². The van der Waals surface area contributed by atoms with E-state index in [4.69, 9.17) is 6.42 Å². The molecule has 0 aromatic heterocycles. The van der Waals surface area contributed by atoms with Crippen LogP contribution in [0.1, 0.15) is 58.8 Å². The van der Waals surface area contributed by atoms with Crippen molar-refractivity contribution in [3.05, 3.63) is 11.6 Å². The zero-order valence-corrected chi connectivity index (χ0v) is 14.8. The van der Waals surface area contributed by atoms with E-state index < -0.39 is 11.7 Å². The van der Waals surface area contributed by atoms with Crippen LogP contribution in [0.5, 0.6) is 0 Å². The minimum Gasteiger partial charge on any atom is -0.393 e. The van der Waals surface area contributed by atoms with Gasteiger partial charge in [-0.15, -0.1) is 6.42 Å². The molecule has 3 N–H and O–H groups in total. The second-order valence-corrected chi connectivity index (χ2v) is 9.29. The molecular formula is C21H30O3. The van der Waals surface area contributed by atoms with Crippen molar-refractivity contribution < 1.29 is 15.3 Å². The maximum Gasteiger partial charge on any atom is 0.130 e. The van der Waals surface area contributed by atoms with Crippen molar-refractivity contribution in [2.24, 2.45) is 28.6 Å². The van der Waals surface area contributed by atoms with Crippen LogP contribution in [0.2, 0.25) is 0 Å². The molecule has 0 amide bonds. The monoisotopic (exact) mass is 330 g/mol. The lowest BCUT2D eigenvalue weighted by molar-refractivity contribution is -0.123.